The van der Waals surface area contributed by atoms with Crippen molar-refractivity contribution in [3.63, 3.8) is 0 Å². The van der Waals surface area contributed by atoms with E-state index < -0.39 is 18.4 Å². The van der Waals surface area contributed by atoms with Crippen molar-refractivity contribution in [1.29, 1.82) is 0 Å². The van der Waals surface area contributed by atoms with Gasteiger partial charge in [0.2, 0.25) is 0 Å². The summed E-state index contributed by atoms with van der Waals surface area (Å²) in [5.74, 6) is -0.561. The third-order valence-corrected chi connectivity index (χ3v) is 1.90. The van der Waals surface area contributed by atoms with E-state index in [9.17, 15) is 17.6 Å². The van der Waals surface area contributed by atoms with Crippen LogP contribution >= 0.6 is 0 Å². The van der Waals surface area contributed by atoms with Crippen molar-refractivity contribution >= 4 is 0 Å². The number of hydrogen-bond acceptors (Lipinski definition) is 0. The van der Waals surface area contributed by atoms with Crippen LogP contribution in [0.5, 0.6) is 0 Å². The zero-order chi connectivity index (χ0) is 10.8. The summed E-state index contributed by atoms with van der Waals surface area (Å²) in [4.78, 5) is 0. The molecule has 0 aliphatic rings. The Bertz CT molecular complexity index is 314. The summed E-state index contributed by atoms with van der Waals surface area (Å²) in [5, 5.41) is 0. The molecule has 0 saturated carbocycles. The summed E-state index contributed by atoms with van der Waals surface area (Å²) in [6.07, 6.45) is -4.87. The lowest BCUT2D eigenvalue weighted by Crippen LogP contribution is -2.11. The molecule has 0 radical (unpaired) electrons. The first kappa shape index (κ1) is 11.0. The van der Waals surface area contributed by atoms with Gasteiger partial charge in [-0.05, 0) is 23.6 Å². The summed E-state index contributed by atoms with van der Waals surface area (Å²) < 4.78 is 48.9. The third kappa shape index (κ3) is 3.01. The van der Waals surface area contributed by atoms with E-state index in [2.05, 4.69) is 0 Å². The fourth-order valence-corrected chi connectivity index (χ4v) is 1.22. The first-order valence-electron chi connectivity index (χ1n) is 4.26. The molecule has 0 nitrogen and oxygen atoms in total. The summed E-state index contributed by atoms with van der Waals surface area (Å²) in [7, 11) is 0. The van der Waals surface area contributed by atoms with E-state index in [0.717, 1.165) is 6.07 Å². The Balaban J connectivity index is 2.87. The zero-order valence-electron chi connectivity index (χ0n) is 7.66. The average Bonchev–Trinajstić information content (AvgIpc) is 2.01. The van der Waals surface area contributed by atoms with Gasteiger partial charge in [0.05, 0.1) is 6.42 Å². The van der Waals surface area contributed by atoms with Crippen LogP contribution in [0.4, 0.5) is 17.6 Å². The molecular formula is C10H10F4. The van der Waals surface area contributed by atoms with Crippen molar-refractivity contribution in [1.82, 2.24) is 0 Å². The maximum absolute atomic E-state index is 13.1. The van der Waals surface area contributed by atoms with Gasteiger partial charge in [-0.3, -0.25) is 0 Å². The van der Waals surface area contributed by atoms with E-state index in [1.165, 1.54) is 12.1 Å². The fourth-order valence-electron chi connectivity index (χ4n) is 1.22. The largest absolute Gasteiger partial charge is 0.393 e. The van der Waals surface area contributed by atoms with E-state index in [-0.39, 0.29) is 5.56 Å². The molecular weight excluding hydrogens is 196 g/mol. The molecule has 1 aromatic carbocycles. The third-order valence-electron chi connectivity index (χ3n) is 1.90. The monoisotopic (exact) mass is 206 g/mol. The zero-order valence-corrected chi connectivity index (χ0v) is 7.66. The van der Waals surface area contributed by atoms with Gasteiger partial charge in [-0.15, -0.1) is 0 Å². The van der Waals surface area contributed by atoms with E-state index in [1.807, 2.05) is 0 Å². The molecule has 0 aromatic heterocycles. The quantitative estimate of drug-likeness (QED) is 0.650. The summed E-state index contributed by atoms with van der Waals surface area (Å²) in [5.41, 5.74) is 0.406. The number of hydrogen-bond donors (Lipinski definition) is 0. The number of benzene rings is 1. The molecule has 4 heteroatoms. The smallest absolute Gasteiger partial charge is 0.207 e. The van der Waals surface area contributed by atoms with Crippen molar-refractivity contribution in [2.45, 2.75) is 25.9 Å². The van der Waals surface area contributed by atoms with Gasteiger partial charge < -0.3 is 0 Å². The Morgan fingerprint density at radius 3 is 2.29 bits per heavy atom. The highest BCUT2D eigenvalue weighted by Gasteiger charge is 2.27. The average molecular weight is 206 g/mol. The van der Waals surface area contributed by atoms with Gasteiger partial charge in [-0.1, -0.05) is 19.1 Å². The minimum absolute atomic E-state index is 0.0350. The maximum Gasteiger partial charge on any atom is 0.393 e. The van der Waals surface area contributed by atoms with E-state index in [4.69, 9.17) is 0 Å². The lowest BCUT2D eigenvalue weighted by molar-refractivity contribution is -0.127. The molecule has 0 fully saturated rings. The van der Waals surface area contributed by atoms with Crippen molar-refractivity contribution in [3.8, 4) is 0 Å². The van der Waals surface area contributed by atoms with Gasteiger partial charge in [0.1, 0.15) is 5.82 Å². The topological polar surface area (TPSA) is 0 Å². The standard InChI is InChI=1S/C10H10F4/c1-2-8-4-3-7(5-9(8)11)6-10(12,13)14/h3-5H,2,6H2,1H3. The molecule has 1 aromatic rings. The van der Waals surface area contributed by atoms with Crippen LogP contribution in [0.3, 0.4) is 0 Å². The van der Waals surface area contributed by atoms with E-state index in [1.54, 1.807) is 6.92 Å². The fraction of sp³-hybridized carbons (Fsp3) is 0.400. The second-order valence-corrected chi connectivity index (χ2v) is 3.07. The van der Waals surface area contributed by atoms with E-state index in [0.29, 0.717) is 12.0 Å². The van der Waals surface area contributed by atoms with Gasteiger partial charge in [-0.2, -0.15) is 13.2 Å². The van der Waals surface area contributed by atoms with Crippen LogP contribution in [0, 0.1) is 5.82 Å². The van der Waals surface area contributed by atoms with Crippen molar-refractivity contribution in [2.75, 3.05) is 0 Å². The second-order valence-electron chi connectivity index (χ2n) is 3.07. The Labute approximate surface area is 79.6 Å². The van der Waals surface area contributed by atoms with Crippen LogP contribution < -0.4 is 0 Å². The van der Waals surface area contributed by atoms with Crippen LogP contribution in [0.15, 0.2) is 18.2 Å². The maximum atomic E-state index is 13.1. The Morgan fingerprint density at radius 2 is 1.86 bits per heavy atom. The summed E-state index contributed by atoms with van der Waals surface area (Å²) in [6, 6.07) is 3.66. The van der Waals surface area contributed by atoms with Crippen LogP contribution in [0.1, 0.15) is 18.1 Å². The summed E-state index contributed by atoms with van der Waals surface area (Å²) >= 11 is 0. The van der Waals surface area contributed by atoms with Gasteiger partial charge in [-0.25, -0.2) is 4.39 Å². The number of rotatable bonds is 2. The minimum Gasteiger partial charge on any atom is -0.207 e. The van der Waals surface area contributed by atoms with Gasteiger partial charge in [0, 0.05) is 0 Å². The van der Waals surface area contributed by atoms with Crippen molar-refractivity contribution in [3.05, 3.63) is 35.1 Å². The Kier molecular flexibility index (Phi) is 3.13. The first-order chi connectivity index (χ1) is 6.42. The molecule has 78 valence electrons. The molecule has 0 spiro atoms. The molecule has 0 atom stereocenters. The Morgan fingerprint density at radius 1 is 1.21 bits per heavy atom. The minimum atomic E-state index is -4.28. The van der Waals surface area contributed by atoms with Gasteiger partial charge in [0.25, 0.3) is 0 Å². The Hall–Kier alpha value is -1.06. The predicted octanol–water partition coefficient (Wildman–Crippen LogP) is 3.49. The SMILES string of the molecule is CCc1ccc(CC(F)(F)F)cc1F. The van der Waals surface area contributed by atoms with Crippen molar-refractivity contribution < 1.29 is 17.6 Å². The molecule has 0 aliphatic heterocycles. The molecule has 0 saturated heterocycles. The lowest BCUT2D eigenvalue weighted by Gasteiger charge is -2.07. The van der Waals surface area contributed by atoms with Crippen LogP contribution in [-0.2, 0) is 12.8 Å². The molecule has 0 N–H and O–H groups in total. The molecule has 14 heavy (non-hydrogen) atoms. The number of halogens is 4. The highest BCUT2D eigenvalue weighted by atomic mass is 19.4. The molecule has 0 unspecified atom stereocenters. The number of alkyl halides is 3. The highest BCUT2D eigenvalue weighted by molar-refractivity contribution is 5.24. The molecule has 0 amide bonds. The normalized spacial score (nSPS) is 11.8. The lowest BCUT2D eigenvalue weighted by atomic mass is 10.1. The molecule has 0 bridgehead atoms. The second kappa shape index (κ2) is 3.98. The molecule has 0 aliphatic carbocycles. The molecule has 1 rings (SSSR count). The summed E-state index contributed by atoms with van der Waals surface area (Å²) in [6.45, 7) is 1.75. The van der Waals surface area contributed by atoms with Crippen LogP contribution in [0.25, 0.3) is 0 Å². The van der Waals surface area contributed by atoms with Gasteiger partial charge >= 0.3 is 6.18 Å². The predicted molar refractivity (Wildman–Crippen MR) is 45.5 cm³/mol. The first-order valence-corrected chi connectivity index (χ1v) is 4.26. The number of aryl methyl sites for hydroxylation is 1. The van der Waals surface area contributed by atoms with Gasteiger partial charge in [0.15, 0.2) is 0 Å². The van der Waals surface area contributed by atoms with Crippen LogP contribution in [-0.4, -0.2) is 6.18 Å². The molecule has 0 heterocycles. The van der Waals surface area contributed by atoms with Crippen molar-refractivity contribution in [2.24, 2.45) is 0 Å². The van der Waals surface area contributed by atoms with E-state index >= 15 is 0 Å². The highest BCUT2D eigenvalue weighted by Crippen LogP contribution is 2.22. The van der Waals surface area contributed by atoms with Crippen LogP contribution in [0.2, 0.25) is 0 Å².